The number of carbonyl (C=O) groups is 1. The van der Waals surface area contributed by atoms with Crippen LogP contribution >= 0.6 is 0 Å². The molecule has 0 radical (unpaired) electrons. The van der Waals surface area contributed by atoms with Crippen molar-refractivity contribution in [3.05, 3.63) is 96.1 Å². The number of hydrazone groups is 1. The first kappa shape index (κ1) is 19.0. The molecule has 0 unspecified atom stereocenters. The van der Waals surface area contributed by atoms with Crippen molar-refractivity contribution in [2.75, 3.05) is 17.8 Å². The second-order valence-corrected chi connectivity index (χ2v) is 6.20. The van der Waals surface area contributed by atoms with Crippen LogP contribution in [0.3, 0.4) is 0 Å². The van der Waals surface area contributed by atoms with E-state index in [2.05, 4.69) is 20.8 Å². The Balaban J connectivity index is 1.93. The van der Waals surface area contributed by atoms with E-state index in [0.717, 1.165) is 16.8 Å². The highest BCUT2D eigenvalue weighted by Gasteiger charge is 2.20. The van der Waals surface area contributed by atoms with Gasteiger partial charge in [-0.25, -0.2) is 0 Å². The smallest absolute Gasteiger partial charge is 0.278 e. The number of benzene rings is 3. The summed E-state index contributed by atoms with van der Waals surface area (Å²) >= 11 is 0. The van der Waals surface area contributed by atoms with Crippen LogP contribution in [0.15, 0.2) is 95.0 Å². The molecule has 0 fully saturated rings. The Morgan fingerprint density at radius 2 is 1.39 bits per heavy atom. The molecule has 140 valence electrons. The van der Waals surface area contributed by atoms with Gasteiger partial charge in [0.2, 0.25) is 0 Å². The lowest BCUT2D eigenvalue weighted by Crippen LogP contribution is -2.31. The summed E-state index contributed by atoms with van der Waals surface area (Å²) < 4.78 is 0. The molecule has 0 saturated carbocycles. The van der Waals surface area contributed by atoms with Gasteiger partial charge in [0.15, 0.2) is 5.71 Å². The van der Waals surface area contributed by atoms with Gasteiger partial charge in [-0.1, -0.05) is 66.2 Å². The largest absolute Gasteiger partial charge is 0.321 e. The number of amides is 1. The third-order valence-electron chi connectivity index (χ3n) is 4.09. The summed E-state index contributed by atoms with van der Waals surface area (Å²) in [5.41, 5.74) is 7.14. The molecule has 0 bridgehead atoms. The lowest BCUT2D eigenvalue weighted by atomic mass is 10.1. The quantitative estimate of drug-likeness (QED) is 0.495. The van der Waals surface area contributed by atoms with Crippen molar-refractivity contribution in [2.24, 2.45) is 10.1 Å². The number of rotatable bonds is 6. The number of carbonyl (C=O) groups excluding carboxylic acids is 1. The van der Waals surface area contributed by atoms with Crippen LogP contribution in [0, 0.1) is 6.92 Å². The predicted octanol–water partition coefficient (Wildman–Crippen LogP) is 4.52. The lowest BCUT2D eigenvalue weighted by Gasteiger charge is -2.11. The highest BCUT2D eigenvalue weighted by Crippen LogP contribution is 2.11. The summed E-state index contributed by atoms with van der Waals surface area (Å²) in [6.07, 6.45) is 0. The minimum absolute atomic E-state index is 0.207. The SMILES string of the molecule is CN=C(/C(=N/Nc1ccc(C)cc1)C(=O)Nc1ccccc1)c1ccccc1. The van der Waals surface area contributed by atoms with E-state index in [1.807, 2.05) is 91.9 Å². The molecule has 0 heterocycles. The molecule has 0 aliphatic carbocycles. The Hall–Kier alpha value is -3.73. The third kappa shape index (κ3) is 4.92. The normalized spacial score (nSPS) is 11.8. The van der Waals surface area contributed by atoms with E-state index < -0.39 is 0 Å². The first-order valence-electron chi connectivity index (χ1n) is 8.96. The molecule has 5 nitrogen and oxygen atoms in total. The molecule has 5 heteroatoms. The van der Waals surface area contributed by atoms with Crippen LogP contribution in [0.1, 0.15) is 11.1 Å². The topological polar surface area (TPSA) is 65.8 Å². The minimum Gasteiger partial charge on any atom is -0.321 e. The van der Waals surface area contributed by atoms with Crippen LogP contribution in [0.2, 0.25) is 0 Å². The van der Waals surface area contributed by atoms with Gasteiger partial charge in [-0.3, -0.25) is 15.2 Å². The highest BCUT2D eigenvalue weighted by atomic mass is 16.2. The fourth-order valence-electron chi connectivity index (χ4n) is 2.64. The van der Waals surface area contributed by atoms with E-state index in [0.29, 0.717) is 11.4 Å². The maximum absolute atomic E-state index is 13.0. The second-order valence-electron chi connectivity index (χ2n) is 6.20. The number of para-hydroxylation sites is 1. The molecule has 0 saturated heterocycles. The van der Waals surface area contributed by atoms with Gasteiger partial charge >= 0.3 is 0 Å². The second kappa shape index (κ2) is 9.28. The van der Waals surface area contributed by atoms with Crippen molar-refractivity contribution >= 4 is 28.7 Å². The highest BCUT2D eigenvalue weighted by molar-refractivity contribution is 6.71. The van der Waals surface area contributed by atoms with E-state index in [9.17, 15) is 4.79 Å². The molecule has 2 N–H and O–H groups in total. The van der Waals surface area contributed by atoms with Crippen LogP contribution in [-0.2, 0) is 4.79 Å². The molecule has 0 aliphatic heterocycles. The van der Waals surface area contributed by atoms with Crippen LogP contribution in [-0.4, -0.2) is 24.4 Å². The Kier molecular flexibility index (Phi) is 6.31. The van der Waals surface area contributed by atoms with E-state index in [4.69, 9.17) is 0 Å². The molecule has 3 rings (SSSR count). The Labute approximate surface area is 164 Å². The van der Waals surface area contributed by atoms with E-state index in [-0.39, 0.29) is 11.6 Å². The summed E-state index contributed by atoms with van der Waals surface area (Å²) in [6, 6.07) is 26.6. The van der Waals surface area contributed by atoms with Crippen molar-refractivity contribution in [3.63, 3.8) is 0 Å². The standard InChI is InChI=1S/C23H22N4O/c1-17-13-15-20(16-14-17)26-27-22(21(24-2)18-9-5-3-6-10-18)23(28)25-19-11-7-4-8-12-19/h3-16,26H,1-2H3,(H,25,28)/b24-21?,27-22-. The van der Waals surface area contributed by atoms with Crippen molar-refractivity contribution < 1.29 is 4.79 Å². The van der Waals surface area contributed by atoms with Gasteiger partial charge in [-0.05, 0) is 31.2 Å². The van der Waals surface area contributed by atoms with E-state index in [1.165, 1.54) is 0 Å². The van der Waals surface area contributed by atoms with Crippen molar-refractivity contribution in [1.82, 2.24) is 0 Å². The molecule has 0 aromatic heterocycles. The van der Waals surface area contributed by atoms with Crippen LogP contribution in [0.4, 0.5) is 11.4 Å². The van der Waals surface area contributed by atoms with Crippen LogP contribution < -0.4 is 10.7 Å². The Bertz CT molecular complexity index is 978. The number of aryl methyl sites for hydroxylation is 1. The first-order valence-corrected chi connectivity index (χ1v) is 8.96. The molecule has 0 spiro atoms. The number of aliphatic imine (C=N–C) groups is 1. The molecule has 0 atom stereocenters. The molecule has 28 heavy (non-hydrogen) atoms. The summed E-state index contributed by atoms with van der Waals surface area (Å²) in [5.74, 6) is -0.338. The van der Waals surface area contributed by atoms with Gasteiger partial charge in [-0.15, -0.1) is 0 Å². The van der Waals surface area contributed by atoms with Gasteiger partial charge in [0.25, 0.3) is 5.91 Å². The zero-order chi connectivity index (χ0) is 19.8. The zero-order valence-corrected chi connectivity index (χ0v) is 15.9. The van der Waals surface area contributed by atoms with Crippen molar-refractivity contribution in [3.8, 4) is 0 Å². The fraction of sp³-hybridized carbons (Fsp3) is 0.0870. The Morgan fingerprint density at radius 3 is 2.00 bits per heavy atom. The summed E-state index contributed by atoms with van der Waals surface area (Å²) in [7, 11) is 1.65. The van der Waals surface area contributed by atoms with Crippen molar-refractivity contribution in [2.45, 2.75) is 6.92 Å². The lowest BCUT2D eigenvalue weighted by molar-refractivity contribution is -0.110. The van der Waals surface area contributed by atoms with E-state index >= 15 is 0 Å². The zero-order valence-electron chi connectivity index (χ0n) is 15.9. The number of anilines is 2. The Morgan fingerprint density at radius 1 is 0.786 bits per heavy atom. The molecule has 1 amide bonds. The first-order chi connectivity index (χ1) is 13.7. The predicted molar refractivity (Wildman–Crippen MR) is 116 cm³/mol. The van der Waals surface area contributed by atoms with Crippen LogP contribution in [0.25, 0.3) is 0 Å². The fourth-order valence-corrected chi connectivity index (χ4v) is 2.64. The van der Waals surface area contributed by atoms with Gasteiger partial charge < -0.3 is 5.32 Å². The van der Waals surface area contributed by atoms with Crippen molar-refractivity contribution in [1.29, 1.82) is 0 Å². The maximum atomic E-state index is 13.0. The molecule has 3 aromatic carbocycles. The van der Waals surface area contributed by atoms with Crippen LogP contribution in [0.5, 0.6) is 0 Å². The number of nitrogens with one attached hydrogen (secondary N) is 2. The van der Waals surface area contributed by atoms with Gasteiger partial charge in [0.05, 0.1) is 11.4 Å². The summed E-state index contributed by atoms with van der Waals surface area (Å²) in [5, 5.41) is 7.27. The van der Waals surface area contributed by atoms with Gasteiger partial charge in [0.1, 0.15) is 0 Å². The van der Waals surface area contributed by atoms with E-state index in [1.54, 1.807) is 7.05 Å². The third-order valence-corrected chi connectivity index (χ3v) is 4.09. The monoisotopic (exact) mass is 370 g/mol. The van der Waals surface area contributed by atoms with Gasteiger partial charge in [-0.2, -0.15) is 5.10 Å². The summed E-state index contributed by atoms with van der Waals surface area (Å²) in [4.78, 5) is 17.3. The minimum atomic E-state index is -0.338. The number of hydrogen-bond donors (Lipinski definition) is 2. The van der Waals surface area contributed by atoms with Gasteiger partial charge in [0, 0.05) is 18.3 Å². The molecular weight excluding hydrogens is 348 g/mol. The molecule has 0 aliphatic rings. The molecule has 3 aromatic rings. The average molecular weight is 370 g/mol. The molecular formula is C23H22N4O. The average Bonchev–Trinajstić information content (AvgIpc) is 2.73. The maximum Gasteiger partial charge on any atom is 0.278 e. The number of hydrogen-bond acceptors (Lipinski definition) is 4. The summed E-state index contributed by atoms with van der Waals surface area (Å²) in [6.45, 7) is 2.02. The number of nitrogens with zero attached hydrogens (tertiary/aromatic N) is 2.